The van der Waals surface area contributed by atoms with Gasteiger partial charge in [-0.1, -0.05) is 5.16 Å². The summed E-state index contributed by atoms with van der Waals surface area (Å²) in [6.07, 6.45) is -0.369. The Labute approximate surface area is 111 Å². The van der Waals surface area contributed by atoms with Gasteiger partial charge in [0.05, 0.1) is 26.2 Å². The fourth-order valence-electron chi connectivity index (χ4n) is 1.65. The lowest BCUT2D eigenvalue weighted by atomic mass is 10.2. The third-order valence-electron chi connectivity index (χ3n) is 2.59. The minimum absolute atomic E-state index is 0.236. The van der Waals surface area contributed by atoms with E-state index in [1.807, 2.05) is 24.3 Å². The molecule has 0 amide bonds. The van der Waals surface area contributed by atoms with E-state index in [4.69, 9.17) is 14.0 Å². The molecule has 19 heavy (non-hydrogen) atoms. The van der Waals surface area contributed by atoms with E-state index in [0.29, 0.717) is 11.7 Å². The molecule has 1 aromatic heterocycles. The number of aromatic nitrogens is 2. The van der Waals surface area contributed by atoms with Crippen LogP contribution < -0.4 is 4.74 Å². The highest BCUT2D eigenvalue weighted by molar-refractivity contribution is 5.55. The monoisotopic (exact) mass is 264 g/mol. The average molecular weight is 264 g/mol. The smallest absolute Gasteiger partial charge is 0.229 e. The summed E-state index contributed by atoms with van der Waals surface area (Å²) >= 11 is 0. The topological polar surface area (TPSA) is 77.6 Å². The van der Waals surface area contributed by atoms with E-state index in [9.17, 15) is 5.11 Å². The molecule has 6 nitrogen and oxygen atoms in total. The van der Waals surface area contributed by atoms with Crippen molar-refractivity contribution in [1.82, 2.24) is 10.1 Å². The molecule has 0 fully saturated rings. The molecule has 6 heteroatoms. The van der Waals surface area contributed by atoms with Gasteiger partial charge in [-0.3, -0.25) is 0 Å². The molecule has 1 unspecified atom stereocenters. The zero-order chi connectivity index (χ0) is 13.7. The minimum atomic E-state index is -0.644. The molecule has 1 aromatic carbocycles. The van der Waals surface area contributed by atoms with Gasteiger partial charge in [0, 0.05) is 12.7 Å². The van der Waals surface area contributed by atoms with Crippen LogP contribution in [-0.4, -0.2) is 42.2 Å². The molecule has 102 valence electrons. The zero-order valence-corrected chi connectivity index (χ0v) is 10.9. The lowest BCUT2D eigenvalue weighted by Crippen LogP contribution is -2.17. The SMILES string of the molecule is COCC(O)Cc1nc(-c2ccc(OC)cc2)no1. The van der Waals surface area contributed by atoms with Crippen molar-refractivity contribution >= 4 is 0 Å². The summed E-state index contributed by atoms with van der Waals surface area (Å²) in [6.45, 7) is 0.236. The summed E-state index contributed by atoms with van der Waals surface area (Å²) in [4.78, 5) is 4.22. The number of rotatable bonds is 6. The molecule has 0 spiro atoms. The summed E-state index contributed by atoms with van der Waals surface area (Å²) in [5, 5.41) is 13.5. The molecule has 0 aliphatic heterocycles. The van der Waals surface area contributed by atoms with Gasteiger partial charge in [-0.15, -0.1) is 0 Å². The summed E-state index contributed by atoms with van der Waals surface area (Å²) in [5.41, 5.74) is 0.831. The maximum atomic E-state index is 9.58. The Kier molecular flexibility index (Phi) is 4.48. The lowest BCUT2D eigenvalue weighted by Gasteiger charge is -2.04. The maximum Gasteiger partial charge on any atom is 0.229 e. The number of nitrogens with zero attached hydrogens (tertiary/aromatic N) is 2. The quantitative estimate of drug-likeness (QED) is 0.847. The molecule has 0 saturated heterocycles. The van der Waals surface area contributed by atoms with Crippen LogP contribution >= 0.6 is 0 Å². The molecule has 0 saturated carbocycles. The van der Waals surface area contributed by atoms with Crippen molar-refractivity contribution < 1.29 is 19.1 Å². The minimum Gasteiger partial charge on any atom is -0.497 e. The second kappa shape index (κ2) is 6.31. The van der Waals surface area contributed by atoms with E-state index in [0.717, 1.165) is 11.3 Å². The molecular formula is C13H16N2O4. The van der Waals surface area contributed by atoms with Crippen molar-refractivity contribution in [3.05, 3.63) is 30.2 Å². The number of aliphatic hydroxyl groups excluding tert-OH is 1. The predicted molar refractivity (Wildman–Crippen MR) is 67.9 cm³/mol. The highest BCUT2D eigenvalue weighted by Gasteiger charge is 2.13. The van der Waals surface area contributed by atoms with E-state index in [1.54, 1.807) is 7.11 Å². The van der Waals surface area contributed by atoms with Gasteiger partial charge in [0.1, 0.15) is 5.75 Å². The third-order valence-corrected chi connectivity index (χ3v) is 2.59. The number of hydrogen-bond acceptors (Lipinski definition) is 6. The van der Waals surface area contributed by atoms with Gasteiger partial charge in [-0.05, 0) is 24.3 Å². The Hall–Kier alpha value is -1.92. The predicted octanol–water partition coefficient (Wildman–Crippen LogP) is 1.30. The Morgan fingerprint density at radius 3 is 2.63 bits per heavy atom. The lowest BCUT2D eigenvalue weighted by molar-refractivity contribution is 0.0599. The van der Waals surface area contributed by atoms with Crippen LogP contribution in [0.4, 0.5) is 0 Å². The largest absolute Gasteiger partial charge is 0.497 e. The summed E-state index contributed by atoms with van der Waals surface area (Å²) in [7, 11) is 3.14. The van der Waals surface area contributed by atoms with Crippen LogP contribution in [0.15, 0.2) is 28.8 Å². The molecule has 0 aliphatic carbocycles. The first-order valence-electron chi connectivity index (χ1n) is 5.87. The molecular weight excluding hydrogens is 248 g/mol. The summed E-state index contributed by atoms with van der Waals surface area (Å²) in [5.74, 6) is 1.64. The van der Waals surface area contributed by atoms with Crippen molar-refractivity contribution in [2.45, 2.75) is 12.5 Å². The van der Waals surface area contributed by atoms with Crippen LogP contribution in [0.5, 0.6) is 5.75 Å². The highest BCUT2D eigenvalue weighted by Crippen LogP contribution is 2.19. The van der Waals surface area contributed by atoms with Crippen LogP contribution in [0.3, 0.4) is 0 Å². The van der Waals surface area contributed by atoms with Crippen LogP contribution in [0, 0.1) is 0 Å². The van der Waals surface area contributed by atoms with Crippen molar-refractivity contribution in [2.24, 2.45) is 0 Å². The molecule has 1 N–H and O–H groups in total. The average Bonchev–Trinajstić information content (AvgIpc) is 2.87. The Morgan fingerprint density at radius 2 is 2.00 bits per heavy atom. The number of aliphatic hydroxyl groups is 1. The van der Waals surface area contributed by atoms with Gasteiger partial charge in [-0.2, -0.15) is 4.98 Å². The van der Waals surface area contributed by atoms with Crippen LogP contribution in [0.25, 0.3) is 11.4 Å². The number of benzene rings is 1. The van der Waals surface area contributed by atoms with Crippen molar-refractivity contribution in [1.29, 1.82) is 0 Å². The van der Waals surface area contributed by atoms with Gasteiger partial charge in [-0.25, -0.2) is 0 Å². The van der Waals surface area contributed by atoms with Crippen molar-refractivity contribution in [3.63, 3.8) is 0 Å². The molecule has 0 bridgehead atoms. The normalized spacial score (nSPS) is 12.4. The third kappa shape index (κ3) is 3.52. The van der Waals surface area contributed by atoms with Gasteiger partial charge >= 0.3 is 0 Å². The first-order chi connectivity index (χ1) is 9.22. The van der Waals surface area contributed by atoms with Gasteiger partial charge in [0.2, 0.25) is 11.7 Å². The molecule has 2 rings (SSSR count). The zero-order valence-electron chi connectivity index (χ0n) is 10.9. The van der Waals surface area contributed by atoms with E-state index >= 15 is 0 Å². The second-order valence-electron chi connectivity index (χ2n) is 4.05. The van der Waals surface area contributed by atoms with Crippen LogP contribution in [0.2, 0.25) is 0 Å². The van der Waals surface area contributed by atoms with Gasteiger partial charge in [0.25, 0.3) is 0 Å². The van der Waals surface area contributed by atoms with E-state index < -0.39 is 6.10 Å². The van der Waals surface area contributed by atoms with E-state index in [-0.39, 0.29) is 13.0 Å². The molecule has 1 atom stereocenters. The highest BCUT2D eigenvalue weighted by atomic mass is 16.5. The fourth-order valence-corrected chi connectivity index (χ4v) is 1.65. The van der Waals surface area contributed by atoms with E-state index in [2.05, 4.69) is 10.1 Å². The summed E-state index contributed by atoms with van der Waals surface area (Å²) in [6, 6.07) is 7.34. The van der Waals surface area contributed by atoms with E-state index in [1.165, 1.54) is 7.11 Å². The number of ether oxygens (including phenoxy) is 2. The number of methoxy groups -OCH3 is 2. The molecule has 0 aliphatic rings. The maximum absolute atomic E-state index is 9.58. The molecule has 0 radical (unpaired) electrons. The summed E-state index contributed by atoms with van der Waals surface area (Å²) < 4.78 is 15.0. The Bertz CT molecular complexity index is 510. The number of hydrogen-bond donors (Lipinski definition) is 1. The Morgan fingerprint density at radius 1 is 1.26 bits per heavy atom. The van der Waals surface area contributed by atoms with Crippen molar-refractivity contribution in [2.75, 3.05) is 20.8 Å². The van der Waals surface area contributed by atoms with Crippen LogP contribution in [-0.2, 0) is 11.2 Å². The van der Waals surface area contributed by atoms with Crippen LogP contribution in [0.1, 0.15) is 5.89 Å². The Balaban J connectivity index is 2.07. The molecule has 2 aromatic rings. The molecule has 1 heterocycles. The first-order valence-corrected chi connectivity index (χ1v) is 5.87. The standard InChI is InChI=1S/C13H16N2O4/c1-17-8-10(16)7-12-14-13(15-19-12)9-3-5-11(18-2)6-4-9/h3-6,10,16H,7-8H2,1-2H3. The van der Waals surface area contributed by atoms with Gasteiger partial charge in [0.15, 0.2) is 0 Å². The first kappa shape index (κ1) is 13.5. The fraction of sp³-hybridized carbons (Fsp3) is 0.385. The van der Waals surface area contributed by atoms with Crippen molar-refractivity contribution in [3.8, 4) is 17.1 Å². The second-order valence-corrected chi connectivity index (χ2v) is 4.05. The van der Waals surface area contributed by atoms with Gasteiger partial charge < -0.3 is 19.1 Å².